The van der Waals surface area contributed by atoms with Gasteiger partial charge in [0.15, 0.2) is 5.16 Å². The van der Waals surface area contributed by atoms with Gasteiger partial charge in [0.2, 0.25) is 0 Å². The fourth-order valence-corrected chi connectivity index (χ4v) is 3.12. The SMILES string of the molecule is Cc1ccc2nc(SCCNC(C)C3CC3)[nH]c2c1. The minimum atomic E-state index is 0.680. The van der Waals surface area contributed by atoms with Crippen LogP contribution >= 0.6 is 11.8 Å². The number of aryl methyl sites for hydroxylation is 1. The molecule has 2 aromatic rings. The number of benzene rings is 1. The Bertz CT molecular complexity index is 560. The molecule has 3 rings (SSSR count). The first-order valence-electron chi connectivity index (χ1n) is 7.05. The van der Waals surface area contributed by atoms with Crippen molar-refractivity contribution < 1.29 is 0 Å². The summed E-state index contributed by atoms with van der Waals surface area (Å²) in [5.74, 6) is 2.00. The molecule has 2 N–H and O–H groups in total. The Hall–Kier alpha value is -1.00. The first kappa shape index (κ1) is 13.0. The molecule has 4 heteroatoms. The predicted molar refractivity (Wildman–Crippen MR) is 81.7 cm³/mol. The number of nitrogens with one attached hydrogen (secondary N) is 2. The molecule has 1 unspecified atom stereocenters. The lowest BCUT2D eigenvalue weighted by Crippen LogP contribution is -2.29. The van der Waals surface area contributed by atoms with Crippen LogP contribution in [0.4, 0.5) is 0 Å². The van der Waals surface area contributed by atoms with Crippen molar-refractivity contribution in [1.82, 2.24) is 15.3 Å². The van der Waals surface area contributed by atoms with E-state index in [9.17, 15) is 0 Å². The Balaban J connectivity index is 1.50. The first-order valence-corrected chi connectivity index (χ1v) is 8.03. The molecular formula is C15H21N3S. The smallest absolute Gasteiger partial charge is 0.166 e. The van der Waals surface area contributed by atoms with Crippen LogP contribution in [-0.2, 0) is 0 Å². The van der Waals surface area contributed by atoms with Crippen LogP contribution in [0.3, 0.4) is 0 Å². The molecular weight excluding hydrogens is 254 g/mol. The summed E-state index contributed by atoms with van der Waals surface area (Å²) in [6.45, 7) is 5.46. The van der Waals surface area contributed by atoms with Gasteiger partial charge >= 0.3 is 0 Å². The van der Waals surface area contributed by atoms with Gasteiger partial charge in [0, 0.05) is 18.3 Å². The summed E-state index contributed by atoms with van der Waals surface area (Å²) in [7, 11) is 0. The third-order valence-electron chi connectivity index (χ3n) is 3.75. The number of rotatable bonds is 6. The van der Waals surface area contributed by atoms with Gasteiger partial charge in [0.25, 0.3) is 0 Å². The van der Waals surface area contributed by atoms with Gasteiger partial charge in [-0.05, 0) is 50.3 Å². The van der Waals surface area contributed by atoms with Crippen molar-refractivity contribution in [2.45, 2.75) is 37.9 Å². The van der Waals surface area contributed by atoms with Crippen molar-refractivity contribution in [2.75, 3.05) is 12.3 Å². The molecule has 1 atom stereocenters. The summed E-state index contributed by atoms with van der Waals surface area (Å²) >= 11 is 1.80. The number of nitrogens with zero attached hydrogens (tertiary/aromatic N) is 1. The summed E-state index contributed by atoms with van der Waals surface area (Å²) in [6.07, 6.45) is 2.81. The molecule has 1 aliphatic carbocycles. The molecule has 0 aliphatic heterocycles. The van der Waals surface area contributed by atoms with Crippen molar-refractivity contribution in [2.24, 2.45) is 5.92 Å². The number of H-pyrrole nitrogens is 1. The number of fused-ring (bicyclic) bond motifs is 1. The number of thioether (sulfide) groups is 1. The minimum Gasteiger partial charge on any atom is -0.333 e. The number of hydrogen-bond donors (Lipinski definition) is 2. The van der Waals surface area contributed by atoms with E-state index in [0.717, 1.165) is 34.4 Å². The molecule has 0 amide bonds. The highest BCUT2D eigenvalue weighted by atomic mass is 32.2. The summed E-state index contributed by atoms with van der Waals surface area (Å²) in [5.41, 5.74) is 3.47. The zero-order valence-corrected chi connectivity index (χ0v) is 12.4. The minimum absolute atomic E-state index is 0.680. The normalized spacial score (nSPS) is 16.9. The van der Waals surface area contributed by atoms with Gasteiger partial charge in [-0.1, -0.05) is 17.8 Å². The fraction of sp³-hybridized carbons (Fsp3) is 0.533. The van der Waals surface area contributed by atoms with Crippen LogP contribution in [0.5, 0.6) is 0 Å². The van der Waals surface area contributed by atoms with E-state index in [1.807, 2.05) is 0 Å². The summed E-state index contributed by atoms with van der Waals surface area (Å²) < 4.78 is 0. The molecule has 0 saturated heterocycles. The number of imidazole rings is 1. The average Bonchev–Trinajstić information content (AvgIpc) is 3.16. The maximum Gasteiger partial charge on any atom is 0.166 e. The molecule has 1 aromatic carbocycles. The number of hydrogen-bond acceptors (Lipinski definition) is 3. The molecule has 0 radical (unpaired) electrons. The van der Waals surface area contributed by atoms with E-state index in [1.54, 1.807) is 11.8 Å². The Kier molecular flexibility index (Phi) is 3.80. The standard InChI is InChI=1S/C15H21N3S/c1-10-3-6-13-14(9-10)18-15(17-13)19-8-7-16-11(2)12-4-5-12/h3,6,9,11-12,16H,4-5,7-8H2,1-2H3,(H,17,18). The largest absolute Gasteiger partial charge is 0.333 e. The first-order chi connectivity index (χ1) is 9.22. The molecule has 1 saturated carbocycles. The molecule has 102 valence electrons. The Morgan fingerprint density at radius 3 is 3.11 bits per heavy atom. The van der Waals surface area contributed by atoms with Crippen molar-refractivity contribution in [3.8, 4) is 0 Å². The quantitative estimate of drug-likeness (QED) is 0.627. The van der Waals surface area contributed by atoms with E-state index in [1.165, 1.54) is 18.4 Å². The van der Waals surface area contributed by atoms with Gasteiger partial charge < -0.3 is 10.3 Å². The second-order valence-corrected chi connectivity index (χ2v) is 6.57. The van der Waals surface area contributed by atoms with E-state index in [0.29, 0.717) is 6.04 Å². The third kappa shape index (κ3) is 3.31. The molecule has 1 aliphatic rings. The lowest BCUT2D eigenvalue weighted by molar-refractivity contribution is 0.514. The van der Waals surface area contributed by atoms with Crippen LogP contribution in [0.1, 0.15) is 25.3 Å². The molecule has 1 fully saturated rings. The lowest BCUT2D eigenvalue weighted by atomic mass is 10.2. The number of aromatic nitrogens is 2. The van der Waals surface area contributed by atoms with E-state index in [4.69, 9.17) is 0 Å². The molecule has 0 bridgehead atoms. The zero-order chi connectivity index (χ0) is 13.2. The highest BCUT2D eigenvalue weighted by molar-refractivity contribution is 7.99. The molecule has 19 heavy (non-hydrogen) atoms. The van der Waals surface area contributed by atoms with Crippen LogP contribution in [0.2, 0.25) is 0 Å². The predicted octanol–water partition coefficient (Wildman–Crippen LogP) is 3.35. The van der Waals surface area contributed by atoms with Gasteiger partial charge in [0.05, 0.1) is 11.0 Å². The lowest BCUT2D eigenvalue weighted by Gasteiger charge is -2.11. The van der Waals surface area contributed by atoms with Crippen molar-refractivity contribution in [3.63, 3.8) is 0 Å². The Morgan fingerprint density at radius 1 is 1.47 bits per heavy atom. The Labute approximate surface area is 118 Å². The van der Waals surface area contributed by atoms with Crippen molar-refractivity contribution in [3.05, 3.63) is 23.8 Å². The van der Waals surface area contributed by atoms with E-state index in [-0.39, 0.29) is 0 Å². The van der Waals surface area contributed by atoms with Gasteiger partial charge in [-0.2, -0.15) is 0 Å². The number of aromatic amines is 1. The molecule has 0 spiro atoms. The third-order valence-corrected chi connectivity index (χ3v) is 4.63. The second kappa shape index (κ2) is 5.55. The molecule has 1 aromatic heterocycles. The average molecular weight is 275 g/mol. The van der Waals surface area contributed by atoms with E-state index >= 15 is 0 Å². The molecule has 3 nitrogen and oxygen atoms in total. The van der Waals surface area contributed by atoms with Gasteiger partial charge in [-0.25, -0.2) is 4.98 Å². The zero-order valence-electron chi connectivity index (χ0n) is 11.6. The topological polar surface area (TPSA) is 40.7 Å². The summed E-state index contributed by atoms with van der Waals surface area (Å²) in [4.78, 5) is 7.98. The molecule has 1 heterocycles. The van der Waals surface area contributed by atoms with Crippen LogP contribution in [0.15, 0.2) is 23.4 Å². The van der Waals surface area contributed by atoms with Crippen LogP contribution in [-0.4, -0.2) is 28.3 Å². The monoisotopic (exact) mass is 275 g/mol. The maximum absolute atomic E-state index is 4.60. The van der Waals surface area contributed by atoms with E-state index in [2.05, 4.69) is 47.3 Å². The second-order valence-electron chi connectivity index (χ2n) is 5.49. The van der Waals surface area contributed by atoms with Crippen LogP contribution in [0.25, 0.3) is 11.0 Å². The Morgan fingerprint density at radius 2 is 2.32 bits per heavy atom. The van der Waals surface area contributed by atoms with Crippen LogP contribution in [0, 0.1) is 12.8 Å². The van der Waals surface area contributed by atoms with Gasteiger partial charge in [-0.3, -0.25) is 0 Å². The maximum atomic E-state index is 4.60. The highest BCUT2D eigenvalue weighted by Crippen LogP contribution is 2.32. The summed E-state index contributed by atoms with van der Waals surface area (Å²) in [6, 6.07) is 7.02. The van der Waals surface area contributed by atoms with Crippen molar-refractivity contribution in [1.29, 1.82) is 0 Å². The fourth-order valence-electron chi connectivity index (χ4n) is 2.37. The van der Waals surface area contributed by atoms with E-state index < -0.39 is 0 Å². The van der Waals surface area contributed by atoms with Gasteiger partial charge in [-0.15, -0.1) is 0 Å². The van der Waals surface area contributed by atoms with Gasteiger partial charge in [0.1, 0.15) is 0 Å². The van der Waals surface area contributed by atoms with Crippen LogP contribution < -0.4 is 5.32 Å². The highest BCUT2D eigenvalue weighted by Gasteiger charge is 2.27. The summed E-state index contributed by atoms with van der Waals surface area (Å²) in [5, 5.41) is 4.62. The van der Waals surface area contributed by atoms with Crippen molar-refractivity contribution >= 4 is 22.8 Å².